The van der Waals surface area contributed by atoms with Crippen LogP contribution in [-0.4, -0.2) is 25.2 Å². The molecule has 0 atom stereocenters. The normalized spacial score (nSPS) is 12.3. The van der Waals surface area contributed by atoms with Crippen molar-refractivity contribution in [1.29, 1.82) is 0 Å². The fraction of sp³-hybridized carbons (Fsp3) is 0.556. The molecule has 0 aliphatic heterocycles. The summed E-state index contributed by atoms with van der Waals surface area (Å²) in [6, 6.07) is 3.61. The zero-order valence-electron chi connectivity index (χ0n) is 13.4. The fourth-order valence-electron chi connectivity index (χ4n) is 2.47. The van der Waals surface area contributed by atoms with Gasteiger partial charge >= 0.3 is 11.9 Å². The minimum atomic E-state index is -0.425. The molecule has 4 nitrogen and oxygen atoms in total. The van der Waals surface area contributed by atoms with Crippen LogP contribution in [0.3, 0.4) is 0 Å². The lowest BCUT2D eigenvalue weighted by atomic mass is 9.82. The van der Waals surface area contributed by atoms with Gasteiger partial charge in [-0.3, -0.25) is 0 Å². The van der Waals surface area contributed by atoms with Gasteiger partial charge in [0.05, 0.1) is 24.3 Å². The van der Waals surface area contributed by atoms with Gasteiger partial charge in [0.2, 0.25) is 0 Å². The Labute approximate surface area is 131 Å². The van der Waals surface area contributed by atoms with E-state index in [0.29, 0.717) is 24.3 Å². The van der Waals surface area contributed by atoms with E-state index in [9.17, 15) is 9.59 Å². The summed E-state index contributed by atoms with van der Waals surface area (Å²) in [5.74, 6) is -0.821. The smallest absolute Gasteiger partial charge is 0.339 e. The van der Waals surface area contributed by atoms with Gasteiger partial charge in [0.25, 0.3) is 0 Å². The van der Waals surface area contributed by atoms with Crippen molar-refractivity contribution >= 4 is 11.9 Å². The van der Waals surface area contributed by atoms with Crippen LogP contribution in [0.2, 0.25) is 0 Å². The third kappa shape index (κ3) is 3.67. The van der Waals surface area contributed by atoms with Crippen molar-refractivity contribution in [3.05, 3.63) is 34.4 Å². The Morgan fingerprint density at radius 2 is 1.59 bits per heavy atom. The second kappa shape index (κ2) is 7.97. The van der Waals surface area contributed by atoms with Crippen LogP contribution >= 0.6 is 0 Å². The van der Waals surface area contributed by atoms with Gasteiger partial charge in [0.15, 0.2) is 0 Å². The molecule has 1 aromatic rings. The Morgan fingerprint density at radius 1 is 0.955 bits per heavy atom. The molecule has 22 heavy (non-hydrogen) atoms. The molecule has 0 spiro atoms. The minimum absolute atomic E-state index is 0.344. The standard InChI is InChI=1S/C18H24O4/c1-3-5-11-21-17(19)15-10-8-13-7-9-14(13)16(15)18(20)22-12-6-4-2/h8,10H,3-7,9,11-12H2,1-2H3. The number of aryl methyl sites for hydroxylation is 1. The number of benzene rings is 1. The average Bonchev–Trinajstić information content (AvgIpc) is 2.48. The lowest BCUT2D eigenvalue weighted by Crippen LogP contribution is -2.22. The Bertz CT molecular complexity index is 548. The van der Waals surface area contributed by atoms with Crippen LogP contribution in [0.5, 0.6) is 0 Å². The maximum absolute atomic E-state index is 12.4. The molecule has 0 unspecified atom stereocenters. The fourth-order valence-corrected chi connectivity index (χ4v) is 2.47. The third-order valence-electron chi connectivity index (χ3n) is 3.94. The quantitative estimate of drug-likeness (QED) is 0.543. The van der Waals surface area contributed by atoms with Gasteiger partial charge < -0.3 is 9.47 Å². The third-order valence-corrected chi connectivity index (χ3v) is 3.94. The summed E-state index contributed by atoms with van der Waals surface area (Å²) in [5.41, 5.74) is 2.84. The molecule has 0 saturated carbocycles. The SMILES string of the molecule is CCCCOC(=O)c1ccc2c(c1C(=O)OCCCC)CC2. The summed E-state index contributed by atoms with van der Waals surface area (Å²) in [7, 11) is 0. The second-order valence-corrected chi connectivity index (χ2v) is 5.60. The maximum Gasteiger partial charge on any atom is 0.339 e. The van der Waals surface area contributed by atoms with Gasteiger partial charge in [0.1, 0.15) is 0 Å². The number of hydrogen-bond donors (Lipinski definition) is 0. The van der Waals surface area contributed by atoms with Crippen molar-refractivity contribution in [3.8, 4) is 0 Å². The molecule has 0 fully saturated rings. The first-order valence-electron chi connectivity index (χ1n) is 8.18. The molecule has 0 saturated heterocycles. The van der Waals surface area contributed by atoms with E-state index >= 15 is 0 Å². The molecule has 1 aromatic carbocycles. The summed E-state index contributed by atoms with van der Waals surface area (Å²) in [4.78, 5) is 24.6. The summed E-state index contributed by atoms with van der Waals surface area (Å²) in [6.07, 6.45) is 5.36. The van der Waals surface area contributed by atoms with Crippen molar-refractivity contribution in [1.82, 2.24) is 0 Å². The minimum Gasteiger partial charge on any atom is -0.462 e. The van der Waals surface area contributed by atoms with Crippen LogP contribution in [0.1, 0.15) is 71.4 Å². The van der Waals surface area contributed by atoms with Crippen LogP contribution in [0.15, 0.2) is 12.1 Å². The van der Waals surface area contributed by atoms with Crippen LogP contribution < -0.4 is 0 Å². The lowest BCUT2D eigenvalue weighted by molar-refractivity contribution is 0.0450. The molecule has 0 N–H and O–H groups in total. The molecular weight excluding hydrogens is 280 g/mol. The highest BCUT2D eigenvalue weighted by Crippen LogP contribution is 2.30. The molecule has 120 valence electrons. The first-order valence-corrected chi connectivity index (χ1v) is 8.18. The highest BCUT2D eigenvalue weighted by Gasteiger charge is 2.28. The van der Waals surface area contributed by atoms with Crippen LogP contribution in [0.4, 0.5) is 0 Å². The molecule has 0 bridgehead atoms. The predicted octanol–water partition coefficient (Wildman–Crippen LogP) is 3.70. The first kappa shape index (κ1) is 16.5. The van der Waals surface area contributed by atoms with Gasteiger partial charge in [-0.2, -0.15) is 0 Å². The number of carbonyl (C=O) groups excluding carboxylic acids is 2. The van der Waals surface area contributed by atoms with Crippen LogP contribution in [0.25, 0.3) is 0 Å². The number of ether oxygens (including phenoxy) is 2. The topological polar surface area (TPSA) is 52.6 Å². The predicted molar refractivity (Wildman–Crippen MR) is 84.2 cm³/mol. The number of rotatable bonds is 8. The molecule has 0 radical (unpaired) electrons. The van der Waals surface area contributed by atoms with Gasteiger partial charge in [-0.05, 0) is 42.9 Å². The zero-order chi connectivity index (χ0) is 15.9. The summed E-state index contributed by atoms with van der Waals surface area (Å²) < 4.78 is 10.6. The number of carbonyl (C=O) groups is 2. The van der Waals surface area contributed by atoms with E-state index in [-0.39, 0.29) is 0 Å². The van der Waals surface area contributed by atoms with Gasteiger partial charge in [-0.25, -0.2) is 9.59 Å². The lowest BCUT2D eigenvalue weighted by Gasteiger charge is -2.23. The second-order valence-electron chi connectivity index (χ2n) is 5.60. The summed E-state index contributed by atoms with van der Waals surface area (Å²) >= 11 is 0. The van der Waals surface area contributed by atoms with E-state index in [1.165, 1.54) is 0 Å². The molecule has 0 aromatic heterocycles. The van der Waals surface area contributed by atoms with Crippen molar-refractivity contribution in [2.24, 2.45) is 0 Å². The van der Waals surface area contributed by atoms with E-state index in [1.807, 2.05) is 19.9 Å². The monoisotopic (exact) mass is 304 g/mol. The Hall–Kier alpha value is -1.84. The van der Waals surface area contributed by atoms with Crippen molar-refractivity contribution in [2.45, 2.75) is 52.4 Å². The van der Waals surface area contributed by atoms with Crippen molar-refractivity contribution in [2.75, 3.05) is 13.2 Å². The summed E-state index contributed by atoms with van der Waals surface area (Å²) in [5, 5.41) is 0. The van der Waals surface area contributed by atoms with Gasteiger partial charge in [-0.1, -0.05) is 32.8 Å². The van der Waals surface area contributed by atoms with Gasteiger partial charge in [0, 0.05) is 0 Å². The summed E-state index contributed by atoms with van der Waals surface area (Å²) in [6.45, 7) is 4.86. The first-order chi connectivity index (χ1) is 10.7. The van der Waals surface area contributed by atoms with E-state index < -0.39 is 11.9 Å². The van der Waals surface area contributed by atoms with E-state index in [0.717, 1.165) is 49.7 Å². The number of hydrogen-bond acceptors (Lipinski definition) is 4. The zero-order valence-corrected chi connectivity index (χ0v) is 13.4. The molecule has 1 aliphatic rings. The average molecular weight is 304 g/mol. The molecule has 0 amide bonds. The van der Waals surface area contributed by atoms with E-state index in [1.54, 1.807) is 6.07 Å². The molecule has 2 rings (SSSR count). The largest absolute Gasteiger partial charge is 0.462 e. The van der Waals surface area contributed by atoms with Crippen molar-refractivity contribution in [3.63, 3.8) is 0 Å². The van der Waals surface area contributed by atoms with Crippen molar-refractivity contribution < 1.29 is 19.1 Å². The Morgan fingerprint density at radius 3 is 2.14 bits per heavy atom. The molecule has 1 aliphatic carbocycles. The number of fused-ring (bicyclic) bond motifs is 1. The van der Waals surface area contributed by atoms with Crippen LogP contribution in [-0.2, 0) is 22.3 Å². The molecule has 0 heterocycles. The van der Waals surface area contributed by atoms with Gasteiger partial charge in [-0.15, -0.1) is 0 Å². The van der Waals surface area contributed by atoms with E-state index in [4.69, 9.17) is 9.47 Å². The molecule has 4 heteroatoms. The highest BCUT2D eigenvalue weighted by molar-refractivity contribution is 6.04. The molecular formula is C18H24O4. The number of esters is 2. The Balaban J connectivity index is 2.17. The van der Waals surface area contributed by atoms with Crippen LogP contribution in [0, 0.1) is 0 Å². The maximum atomic E-state index is 12.4. The number of unbranched alkanes of at least 4 members (excludes halogenated alkanes) is 2. The highest BCUT2D eigenvalue weighted by atomic mass is 16.5. The Kier molecular flexibility index (Phi) is 5.99. The van der Waals surface area contributed by atoms with E-state index in [2.05, 4.69) is 0 Å².